The number of hydrogen-bond acceptors (Lipinski definition) is 8. The number of rotatable bonds is 10. The molecule has 38 heavy (non-hydrogen) atoms. The molecule has 1 amide bonds. The van der Waals surface area contributed by atoms with Crippen LogP contribution >= 0.6 is 11.3 Å². The van der Waals surface area contributed by atoms with Gasteiger partial charge in [-0.25, -0.2) is 9.78 Å². The third kappa shape index (κ3) is 5.52. The number of ether oxygens (including phenoxy) is 2. The minimum atomic E-state index is -0.962. The number of ketones is 1. The highest BCUT2D eigenvalue weighted by Gasteiger charge is 2.45. The van der Waals surface area contributed by atoms with Crippen LogP contribution in [-0.2, 0) is 14.3 Å². The predicted octanol–water partition coefficient (Wildman–Crippen LogP) is 5.60. The molecular formula is C29H28N2O6S. The molecule has 2 heterocycles. The minimum absolute atomic E-state index is 0.0741. The van der Waals surface area contributed by atoms with Gasteiger partial charge in [0.25, 0.3) is 5.91 Å². The summed E-state index contributed by atoms with van der Waals surface area (Å²) in [5.74, 6) is -1.85. The van der Waals surface area contributed by atoms with Crippen molar-refractivity contribution < 1.29 is 29.0 Å². The van der Waals surface area contributed by atoms with Crippen molar-refractivity contribution in [1.29, 1.82) is 0 Å². The molecule has 0 saturated heterocycles. The van der Waals surface area contributed by atoms with E-state index in [1.54, 1.807) is 44.2 Å². The molecule has 3 aromatic rings. The van der Waals surface area contributed by atoms with Gasteiger partial charge in [0.2, 0.25) is 0 Å². The monoisotopic (exact) mass is 532 g/mol. The molecule has 4 rings (SSSR count). The van der Waals surface area contributed by atoms with E-state index in [2.05, 4.69) is 4.98 Å². The lowest BCUT2D eigenvalue weighted by Gasteiger charge is -2.24. The van der Waals surface area contributed by atoms with E-state index in [9.17, 15) is 19.5 Å². The number of amides is 1. The molecule has 1 N–H and O–H groups in total. The number of allylic oxidation sites excluding steroid dienone is 1. The molecule has 9 heteroatoms. The second-order valence-corrected chi connectivity index (χ2v) is 9.47. The lowest BCUT2D eigenvalue weighted by molar-refractivity contribution is -0.117. The molecule has 0 spiro atoms. The Bertz CT molecular complexity index is 1390. The number of anilines is 1. The molecule has 8 nitrogen and oxygen atoms in total. The molecule has 0 bridgehead atoms. The molecular weight excluding hydrogens is 504 g/mol. The van der Waals surface area contributed by atoms with Crippen LogP contribution in [0.3, 0.4) is 0 Å². The van der Waals surface area contributed by atoms with Crippen LogP contribution in [0.1, 0.15) is 52.8 Å². The maximum absolute atomic E-state index is 13.4. The molecule has 196 valence electrons. The van der Waals surface area contributed by atoms with Gasteiger partial charge in [0.1, 0.15) is 10.6 Å². The number of nitrogens with zero attached hydrogens (tertiary/aromatic N) is 2. The lowest BCUT2D eigenvalue weighted by atomic mass is 9.95. The van der Waals surface area contributed by atoms with Crippen LogP contribution in [0.15, 0.2) is 72.0 Å². The first kappa shape index (κ1) is 26.8. The van der Waals surface area contributed by atoms with E-state index in [0.717, 1.165) is 23.3 Å². The second-order valence-electron chi connectivity index (χ2n) is 8.50. The largest absolute Gasteiger partial charge is 0.503 e. The van der Waals surface area contributed by atoms with Gasteiger partial charge in [0.15, 0.2) is 16.7 Å². The Labute approximate surface area is 224 Å². The number of esters is 1. The van der Waals surface area contributed by atoms with Gasteiger partial charge in [0, 0.05) is 0 Å². The fourth-order valence-electron chi connectivity index (χ4n) is 4.03. The van der Waals surface area contributed by atoms with Crippen molar-refractivity contribution in [1.82, 2.24) is 4.98 Å². The summed E-state index contributed by atoms with van der Waals surface area (Å²) in [6, 6.07) is 15.3. The first-order valence-corrected chi connectivity index (χ1v) is 13.1. The van der Waals surface area contributed by atoms with E-state index in [1.165, 1.54) is 11.0 Å². The Morgan fingerprint density at radius 1 is 1.11 bits per heavy atom. The van der Waals surface area contributed by atoms with Crippen LogP contribution in [0.25, 0.3) is 6.08 Å². The van der Waals surface area contributed by atoms with Gasteiger partial charge >= 0.3 is 5.97 Å². The number of thiazole rings is 1. The summed E-state index contributed by atoms with van der Waals surface area (Å²) in [5, 5.41) is 11.1. The zero-order valence-electron chi connectivity index (χ0n) is 21.3. The Morgan fingerprint density at radius 2 is 1.82 bits per heavy atom. The summed E-state index contributed by atoms with van der Waals surface area (Å²) in [6.45, 7) is 6.09. The number of aliphatic hydroxyl groups excluding tert-OH is 1. The van der Waals surface area contributed by atoms with Crippen LogP contribution in [0.5, 0.6) is 5.75 Å². The van der Waals surface area contributed by atoms with E-state index in [-0.39, 0.29) is 22.2 Å². The summed E-state index contributed by atoms with van der Waals surface area (Å²) in [4.78, 5) is 45.1. The summed E-state index contributed by atoms with van der Waals surface area (Å²) < 4.78 is 10.8. The summed E-state index contributed by atoms with van der Waals surface area (Å²) in [7, 11) is 0. The second kappa shape index (κ2) is 11.9. The maximum Gasteiger partial charge on any atom is 0.350 e. The van der Waals surface area contributed by atoms with Gasteiger partial charge in [-0.15, -0.1) is 0 Å². The van der Waals surface area contributed by atoms with Crippen LogP contribution in [0.2, 0.25) is 0 Å². The van der Waals surface area contributed by atoms with Gasteiger partial charge in [-0.05, 0) is 49.6 Å². The number of aliphatic hydroxyl groups is 1. The number of hydrogen-bond donors (Lipinski definition) is 1. The SMILES string of the molecule is CCCOc1ccc(C2C(C(=O)/C=C/c3ccccc3)=C(O)C(=O)N2c2nc(C)c(C(=O)OCC)s2)cc1. The van der Waals surface area contributed by atoms with E-state index in [4.69, 9.17) is 9.47 Å². The quantitative estimate of drug-likeness (QED) is 0.268. The molecule has 1 aliphatic rings. The van der Waals surface area contributed by atoms with E-state index < -0.39 is 29.5 Å². The molecule has 2 aromatic carbocycles. The maximum atomic E-state index is 13.4. The molecule has 0 fully saturated rings. The Balaban J connectivity index is 1.76. The van der Waals surface area contributed by atoms with Gasteiger partial charge in [-0.3, -0.25) is 14.5 Å². The molecule has 0 saturated carbocycles. The third-order valence-corrected chi connectivity index (χ3v) is 6.96. The van der Waals surface area contributed by atoms with Crippen molar-refractivity contribution in [2.45, 2.75) is 33.2 Å². The van der Waals surface area contributed by atoms with Gasteiger partial charge in [-0.1, -0.05) is 66.8 Å². The standard InChI is InChI=1S/C29H28N2O6S/c1-4-17-37-21-14-12-20(13-15-21)24-23(22(32)16-11-19-9-7-6-8-10-19)25(33)27(34)31(24)29-30-18(3)26(38-29)28(35)36-5-2/h6-16,24,33H,4-5,17H2,1-3H3/b16-11+. The molecule has 1 aromatic heterocycles. The third-order valence-electron chi connectivity index (χ3n) is 5.82. The van der Waals surface area contributed by atoms with Crippen LogP contribution in [0.4, 0.5) is 5.13 Å². The average molecular weight is 533 g/mol. The summed E-state index contributed by atoms with van der Waals surface area (Å²) >= 11 is 0.975. The smallest absolute Gasteiger partial charge is 0.350 e. The van der Waals surface area contributed by atoms with Gasteiger partial charge in [-0.2, -0.15) is 0 Å². The molecule has 0 radical (unpaired) electrons. The van der Waals surface area contributed by atoms with Crippen molar-refractivity contribution in [3.8, 4) is 5.75 Å². The van der Waals surface area contributed by atoms with Gasteiger partial charge in [0.05, 0.1) is 30.5 Å². The van der Waals surface area contributed by atoms with Crippen molar-refractivity contribution in [2.24, 2.45) is 0 Å². The predicted molar refractivity (Wildman–Crippen MR) is 145 cm³/mol. The first-order valence-electron chi connectivity index (χ1n) is 12.3. The van der Waals surface area contributed by atoms with E-state index >= 15 is 0 Å². The number of benzene rings is 2. The fourth-order valence-corrected chi connectivity index (χ4v) is 5.02. The summed E-state index contributed by atoms with van der Waals surface area (Å²) in [5.41, 5.74) is 1.69. The Morgan fingerprint density at radius 3 is 2.47 bits per heavy atom. The van der Waals surface area contributed by atoms with Crippen LogP contribution in [0, 0.1) is 6.92 Å². The molecule has 1 aliphatic heterocycles. The lowest BCUT2D eigenvalue weighted by Crippen LogP contribution is -2.30. The van der Waals surface area contributed by atoms with Crippen LogP contribution in [-0.4, -0.2) is 41.0 Å². The number of carbonyl (C=O) groups is 3. The first-order chi connectivity index (χ1) is 18.3. The van der Waals surface area contributed by atoms with E-state index in [1.807, 2.05) is 37.3 Å². The summed E-state index contributed by atoms with van der Waals surface area (Å²) in [6.07, 6.45) is 3.81. The molecule has 0 aliphatic carbocycles. The van der Waals surface area contributed by atoms with Crippen molar-refractivity contribution >= 4 is 40.2 Å². The van der Waals surface area contributed by atoms with Crippen LogP contribution < -0.4 is 9.64 Å². The van der Waals surface area contributed by atoms with Crippen molar-refractivity contribution in [3.63, 3.8) is 0 Å². The fraction of sp³-hybridized carbons (Fsp3) is 0.241. The zero-order valence-corrected chi connectivity index (χ0v) is 22.2. The normalized spacial score (nSPS) is 15.4. The molecule has 1 atom stereocenters. The Kier molecular flexibility index (Phi) is 8.38. The van der Waals surface area contributed by atoms with Crippen molar-refractivity contribution in [2.75, 3.05) is 18.1 Å². The number of aromatic nitrogens is 1. The topological polar surface area (TPSA) is 106 Å². The number of aryl methyl sites for hydroxylation is 1. The highest BCUT2D eigenvalue weighted by Crippen LogP contribution is 2.43. The number of carbonyl (C=O) groups excluding carboxylic acids is 3. The highest BCUT2D eigenvalue weighted by molar-refractivity contribution is 7.17. The average Bonchev–Trinajstić information content (AvgIpc) is 3.43. The zero-order chi connectivity index (χ0) is 27.2. The van der Waals surface area contributed by atoms with E-state index in [0.29, 0.717) is 23.6 Å². The Hall–Kier alpha value is -4.24. The minimum Gasteiger partial charge on any atom is -0.503 e. The van der Waals surface area contributed by atoms with Crippen molar-refractivity contribution in [3.05, 3.63) is 93.7 Å². The molecule has 1 unspecified atom stereocenters. The highest BCUT2D eigenvalue weighted by atomic mass is 32.1. The van der Waals surface area contributed by atoms with Gasteiger partial charge < -0.3 is 14.6 Å².